The summed E-state index contributed by atoms with van der Waals surface area (Å²) in [4.78, 5) is 1.71. The summed E-state index contributed by atoms with van der Waals surface area (Å²) in [5.74, 6) is 0. The largest absolute Gasteiger partial charge is 0.606 e. The van der Waals surface area contributed by atoms with E-state index in [1.54, 1.807) is 0 Å². The monoisotopic (exact) mass is 406 g/mol. The number of benzene rings is 5. The number of fused-ring (bicyclic) bond motifs is 3. The highest BCUT2D eigenvalue weighted by molar-refractivity contribution is 7.92. The maximum absolute atomic E-state index is 14.0. The van der Waals surface area contributed by atoms with Crippen molar-refractivity contribution in [2.24, 2.45) is 0 Å². The van der Waals surface area contributed by atoms with Gasteiger partial charge >= 0.3 is 0 Å². The average molecular weight is 407 g/mol. The van der Waals surface area contributed by atoms with Gasteiger partial charge in [0.15, 0.2) is 9.79 Å². The first-order valence-electron chi connectivity index (χ1n) is 10.1. The molecule has 0 radical (unpaired) electrons. The minimum Gasteiger partial charge on any atom is -0.606 e. The van der Waals surface area contributed by atoms with Crippen LogP contribution in [0.1, 0.15) is 11.1 Å². The summed E-state index contributed by atoms with van der Waals surface area (Å²) in [5.41, 5.74) is 4.53. The Kier molecular flexibility index (Phi) is 4.82. The fraction of sp³-hybridized carbons (Fsp3) is 0.0714. The molecule has 0 spiro atoms. The molecule has 0 bridgehead atoms. The first-order valence-corrected chi connectivity index (χ1v) is 11.3. The van der Waals surface area contributed by atoms with Crippen LogP contribution >= 0.6 is 0 Å². The van der Waals surface area contributed by atoms with Crippen molar-refractivity contribution >= 4 is 32.7 Å². The maximum Gasteiger partial charge on any atom is 0.174 e. The highest BCUT2D eigenvalue weighted by Crippen LogP contribution is 2.43. The van der Waals surface area contributed by atoms with Gasteiger partial charge in [0.25, 0.3) is 0 Å². The van der Waals surface area contributed by atoms with Gasteiger partial charge < -0.3 is 4.55 Å². The van der Waals surface area contributed by atoms with Crippen molar-refractivity contribution in [2.75, 3.05) is 0 Å². The summed E-state index contributed by atoms with van der Waals surface area (Å²) in [6.45, 7) is 4.14. The summed E-state index contributed by atoms with van der Waals surface area (Å²) < 4.78 is 14.0. The van der Waals surface area contributed by atoms with Crippen LogP contribution in [0, 0.1) is 13.8 Å². The van der Waals surface area contributed by atoms with Gasteiger partial charge in [0.05, 0.1) is 0 Å². The molecule has 5 aromatic carbocycles. The quantitative estimate of drug-likeness (QED) is 0.225. The van der Waals surface area contributed by atoms with Crippen LogP contribution in [0.15, 0.2) is 107 Å². The number of rotatable bonds is 3. The summed E-state index contributed by atoms with van der Waals surface area (Å²) >= 11 is -1.30. The van der Waals surface area contributed by atoms with Gasteiger partial charge in [0.1, 0.15) is 0 Å². The molecule has 0 saturated heterocycles. The molecule has 0 fully saturated rings. The molecular weight excluding hydrogens is 384 g/mol. The Morgan fingerprint density at radius 1 is 0.533 bits per heavy atom. The molecule has 5 aromatic rings. The highest BCUT2D eigenvalue weighted by atomic mass is 32.2. The van der Waals surface area contributed by atoms with Gasteiger partial charge in [-0.15, -0.1) is 0 Å². The average Bonchev–Trinajstić information content (AvgIpc) is 2.79. The molecule has 2 heteroatoms. The van der Waals surface area contributed by atoms with Gasteiger partial charge in [-0.2, -0.15) is 0 Å². The third-order valence-corrected chi connectivity index (χ3v) is 7.14. The summed E-state index contributed by atoms with van der Waals surface area (Å²) in [5, 5.41) is 4.51. The lowest BCUT2D eigenvalue weighted by atomic mass is 9.93. The Bertz CT molecular complexity index is 1350. The number of hydrogen-bond donors (Lipinski definition) is 0. The van der Waals surface area contributed by atoms with Crippen molar-refractivity contribution < 1.29 is 4.55 Å². The van der Waals surface area contributed by atoms with E-state index in [0.717, 1.165) is 42.6 Å². The molecule has 30 heavy (non-hydrogen) atoms. The fourth-order valence-corrected chi connectivity index (χ4v) is 5.50. The van der Waals surface area contributed by atoms with E-state index in [9.17, 15) is 4.55 Å². The zero-order valence-electron chi connectivity index (χ0n) is 17.1. The van der Waals surface area contributed by atoms with Gasteiger partial charge in [0, 0.05) is 22.1 Å². The summed E-state index contributed by atoms with van der Waals surface area (Å²) in [7, 11) is 0. The lowest BCUT2D eigenvalue weighted by Crippen LogP contribution is -2.06. The predicted octanol–water partition coefficient (Wildman–Crippen LogP) is 7.44. The molecule has 0 amide bonds. The Labute approximate surface area is 180 Å². The molecule has 0 N–H and O–H groups in total. The van der Waals surface area contributed by atoms with E-state index in [0.29, 0.717) is 0 Å². The fourth-order valence-electron chi connectivity index (χ4n) is 4.09. The topological polar surface area (TPSA) is 23.1 Å². The van der Waals surface area contributed by atoms with Gasteiger partial charge in [-0.25, -0.2) is 0 Å². The van der Waals surface area contributed by atoms with Crippen molar-refractivity contribution in [1.82, 2.24) is 0 Å². The molecule has 146 valence electrons. The second-order valence-corrected chi connectivity index (χ2v) is 9.16. The van der Waals surface area contributed by atoms with E-state index in [1.165, 1.54) is 10.9 Å². The zero-order chi connectivity index (χ0) is 20.7. The van der Waals surface area contributed by atoms with Crippen LogP contribution in [0.5, 0.6) is 0 Å². The molecule has 0 saturated carbocycles. The molecule has 0 heterocycles. The van der Waals surface area contributed by atoms with Crippen LogP contribution in [-0.2, 0) is 11.2 Å². The third kappa shape index (κ3) is 3.19. The van der Waals surface area contributed by atoms with E-state index in [-0.39, 0.29) is 0 Å². The van der Waals surface area contributed by atoms with Gasteiger partial charge in [-0.3, -0.25) is 0 Å². The molecule has 1 unspecified atom stereocenters. The van der Waals surface area contributed by atoms with Crippen molar-refractivity contribution in [3.63, 3.8) is 0 Å². The standard InChI is InChI=1S/C28H22OS/c1-19-11-15-21(16-12-19)27-25-9-5-3-7-23(25)24-8-4-6-10-26(24)28(27)30(29)22-17-13-20(2)14-18-22/h3-18H,1-2H3. The van der Waals surface area contributed by atoms with Crippen LogP contribution in [0.4, 0.5) is 0 Å². The van der Waals surface area contributed by atoms with Crippen molar-refractivity contribution in [1.29, 1.82) is 0 Å². The predicted molar refractivity (Wildman–Crippen MR) is 127 cm³/mol. The summed E-state index contributed by atoms with van der Waals surface area (Å²) in [6, 6.07) is 33.3. The molecule has 0 aromatic heterocycles. The van der Waals surface area contributed by atoms with Crippen molar-refractivity contribution in [3.05, 3.63) is 108 Å². The minimum absolute atomic E-state index is 0.828. The molecule has 0 aliphatic carbocycles. The second kappa shape index (κ2) is 7.64. The van der Waals surface area contributed by atoms with Crippen LogP contribution in [0.25, 0.3) is 32.7 Å². The molecule has 1 atom stereocenters. The van der Waals surface area contributed by atoms with Crippen LogP contribution in [0.3, 0.4) is 0 Å². The first kappa shape index (κ1) is 18.9. The Balaban J connectivity index is 1.92. The second-order valence-electron chi connectivity index (χ2n) is 7.74. The summed E-state index contributed by atoms with van der Waals surface area (Å²) in [6.07, 6.45) is 0. The first-order chi connectivity index (χ1) is 14.6. The van der Waals surface area contributed by atoms with Gasteiger partial charge in [0.2, 0.25) is 0 Å². The van der Waals surface area contributed by atoms with Crippen molar-refractivity contribution in [2.45, 2.75) is 23.6 Å². The van der Waals surface area contributed by atoms with Crippen LogP contribution in [-0.4, -0.2) is 4.55 Å². The zero-order valence-corrected chi connectivity index (χ0v) is 17.9. The van der Waals surface area contributed by atoms with E-state index in [2.05, 4.69) is 80.6 Å². The molecular formula is C28H22OS. The molecule has 1 nitrogen and oxygen atoms in total. The Hall–Kier alpha value is -3.07. The number of hydrogen-bond acceptors (Lipinski definition) is 1. The van der Waals surface area contributed by atoms with Crippen LogP contribution in [0.2, 0.25) is 0 Å². The van der Waals surface area contributed by atoms with Gasteiger partial charge in [-0.1, -0.05) is 90.0 Å². The van der Waals surface area contributed by atoms with E-state index >= 15 is 0 Å². The van der Waals surface area contributed by atoms with Crippen molar-refractivity contribution in [3.8, 4) is 11.1 Å². The lowest BCUT2D eigenvalue weighted by molar-refractivity contribution is 0.596. The van der Waals surface area contributed by atoms with E-state index in [4.69, 9.17) is 0 Å². The normalized spacial score (nSPS) is 12.4. The number of aryl methyl sites for hydroxylation is 2. The van der Waals surface area contributed by atoms with Crippen LogP contribution < -0.4 is 0 Å². The SMILES string of the molecule is Cc1ccc(-c2c([S+]([O-])c3ccc(C)cc3)c3ccccc3c3ccccc23)cc1. The Morgan fingerprint density at radius 3 is 1.60 bits per heavy atom. The van der Waals surface area contributed by atoms with Gasteiger partial charge in [-0.05, 0) is 53.8 Å². The van der Waals surface area contributed by atoms with E-state index in [1.807, 2.05) is 30.3 Å². The molecule has 0 aliphatic rings. The smallest absolute Gasteiger partial charge is 0.174 e. The Morgan fingerprint density at radius 2 is 1.00 bits per heavy atom. The highest BCUT2D eigenvalue weighted by Gasteiger charge is 2.26. The lowest BCUT2D eigenvalue weighted by Gasteiger charge is -2.19. The molecule has 5 rings (SSSR count). The maximum atomic E-state index is 14.0. The van der Waals surface area contributed by atoms with E-state index < -0.39 is 11.2 Å². The third-order valence-electron chi connectivity index (χ3n) is 5.65. The minimum atomic E-state index is -1.30. The molecule has 0 aliphatic heterocycles.